The Bertz CT molecular complexity index is 995. The quantitative estimate of drug-likeness (QED) is 0.521. The van der Waals surface area contributed by atoms with Gasteiger partial charge in [0.25, 0.3) is 5.91 Å². The maximum absolute atomic E-state index is 12.4. The first-order valence-corrected chi connectivity index (χ1v) is 12.1. The van der Waals surface area contributed by atoms with Gasteiger partial charge in [0.2, 0.25) is 0 Å². The van der Waals surface area contributed by atoms with Crippen molar-refractivity contribution in [2.75, 3.05) is 40.4 Å². The van der Waals surface area contributed by atoms with E-state index < -0.39 is 0 Å². The molecule has 2 saturated heterocycles. The van der Waals surface area contributed by atoms with Gasteiger partial charge in [0.15, 0.2) is 0 Å². The molecule has 180 valence electrons. The largest absolute Gasteiger partial charge is 0.388 e. The topological polar surface area (TPSA) is 45.7 Å². The highest BCUT2D eigenvalue weighted by atomic mass is 16.4. The molecule has 3 aromatic rings. The highest BCUT2D eigenvalue weighted by Gasteiger charge is 2.32. The van der Waals surface area contributed by atoms with Crippen LogP contribution in [0.2, 0.25) is 0 Å². The average molecular weight is 460 g/mol. The number of carbonyl (C=O) groups is 1. The molecule has 3 heterocycles. The summed E-state index contributed by atoms with van der Waals surface area (Å²) in [5.41, 5.74) is 4.65. The zero-order chi connectivity index (χ0) is 24.2. The van der Waals surface area contributed by atoms with E-state index >= 15 is 0 Å². The summed E-state index contributed by atoms with van der Waals surface area (Å²) in [6.07, 6.45) is 6.91. The molecular weight excluding hydrogens is 422 g/mol. The molecule has 2 aromatic carbocycles. The summed E-state index contributed by atoms with van der Waals surface area (Å²) >= 11 is 0. The normalized spacial score (nSPS) is 17.4. The maximum atomic E-state index is 12.4. The van der Waals surface area contributed by atoms with Gasteiger partial charge in [0.1, 0.15) is 0 Å². The second kappa shape index (κ2) is 13.6. The van der Waals surface area contributed by atoms with Crippen molar-refractivity contribution < 1.29 is 9.53 Å². The summed E-state index contributed by atoms with van der Waals surface area (Å²) < 4.78 is 4.25. The van der Waals surface area contributed by atoms with Crippen molar-refractivity contribution in [1.29, 1.82) is 0 Å². The SMILES string of the molecule is COC.Cc1ccccc1-c1ccccc1.O=C(c1cccnc1)N1CCCCN2CCC2C1. The fraction of sp³-hybridized carbons (Fsp3) is 0.379. The van der Waals surface area contributed by atoms with Crippen molar-refractivity contribution in [3.63, 3.8) is 0 Å². The Labute approximate surface area is 204 Å². The highest BCUT2D eigenvalue weighted by molar-refractivity contribution is 5.93. The second-order valence-electron chi connectivity index (χ2n) is 8.77. The van der Waals surface area contributed by atoms with E-state index in [1.54, 1.807) is 26.6 Å². The summed E-state index contributed by atoms with van der Waals surface area (Å²) in [6, 6.07) is 23.2. The van der Waals surface area contributed by atoms with E-state index in [0.717, 1.165) is 19.5 Å². The first-order chi connectivity index (χ1) is 16.6. The molecule has 0 aliphatic carbocycles. The molecule has 0 saturated carbocycles. The number of aromatic nitrogens is 1. The van der Waals surface area contributed by atoms with E-state index in [4.69, 9.17) is 0 Å². The van der Waals surface area contributed by atoms with Gasteiger partial charge in [0, 0.05) is 52.3 Å². The Morgan fingerprint density at radius 3 is 2.26 bits per heavy atom. The second-order valence-corrected chi connectivity index (χ2v) is 8.77. The van der Waals surface area contributed by atoms with Gasteiger partial charge in [-0.25, -0.2) is 0 Å². The van der Waals surface area contributed by atoms with Gasteiger partial charge in [-0.15, -0.1) is 0 Å². The third-order valence-corrected chi connectivity index (χ3v) is 6.25. The molecule has 5 heteroatoms. The Hall–Kier alpha value is -3.02. The van der Waals surface area contributed by atoms with E-state index in [1.807, 2.05) is 23.1 Å². The molecule has 5 nitrogen and oxygen atoms in total. The third kappa shape index (κ3) is 7.24. The van der Waals surface area contributed by atoms with Crippen LogP contribution in [0, 0.1) is 6.92 Å². The number of ether oxygens (including phenoxy) is 1. The number of carbonyl (C=O) groups excluding carboxylic acids is 1. The van der Waals surface area contributed by atoms with Gasteiger partial charge in [-0.2, -0.15) is 0 Å². The molecule has 34 heavy (non-hydrogen) atoms. The van der Waals surface area contributed by atoms with Crippen molar-refractivity contribution >= 4 is 5.91 Å². The van der Waals surface area contributed by atoms with Crippen molar-refractivity contribution in [2.45, 2.75) is 32.2 Å². The molecule has 1 amide bonds. The lowest BCUT2D eigenvalue weighted by molar-refractivity contribution is 0.0338. The van der Waals surface area contributed by atoms with E-state index in [2.05, 4.69) is 70.1 Å². The molecule has 1 atom stereocenters. The molecule has 1 aromatic heterocycles. The van der Waals surface area contributed by atoms with Crippen molar-refractivity contribution in [1.82, 2.24) is 14.8 Å². The van der Waals surface area contributed by atoms with Crippen LogP contribution in [0.5, 0.6) is 0 Å². The lowest BCUT2D eigenvalue weighted by atomic mass is 9.99. The maximum Gasteiger partial charge on any atom is 0.255 e. The van der Waals surface area contributed by atoms with Crippen molar-refractivity contribution in [2.24, 2.45) is 0 Å². The molecule has 0 spiro atoms. The molecule has 5 rings (SSSR count). The Morgan fingerprint density at radius 1 is 0.912 bits per heavy atom. The Morgan fingerprint density at radius 2 is 1.62 bits per heavy atom. The monoisotopic (exact) mass is 459 g/mol. The third-order valence-electron chi connectivity index (χ3n) is 6.25. The van der Waals surface area contributed by atoms with Gasteiger partial charge in [0.05, 0.1) is 5.56 Å². The number of nitrogens with zero attached hydrogens (tertiary/aromatic N) is 3. The fourth-order valence-corrected chi connectivity index (χ4v) is 4.33. The number of pyridine rings is 1. The predicted molar refractivity (Wildman–Crippen MR) is 139 cm³/mol. The van der Waals surface area contributed by atoms with Gasteiger partial charge < -0.3 is 9.64 Å². The van der Waals surface area contributed by atoms with Crippen LogP contribution in [0.4, 0.5) is 0 Å². The van der Waals surface area contributed by atoms with Crippen LogP contribution in [-0.2, 0) is 4.74 Å². The van der Waals surface area contributed by atoms with Gasteiger partial charge >= 0.3 is 0 Å². The minimum Gasteiger partial charge on any atom is -0.388 e. The number of hydrogen-bond acceptors (Lipinski definition) is 4. The molecule has 0 radical (unpaired) electrons. The van der Waals surface area contributed by atoms with E-state index in [-0.39, 0.29) is 5.91 Å². The van der Waals surface area contributed by atoms with Gasteiger partial charge in [-0.05, 0) is 61.6 Å². The number of amides is 1. The number of rotatable bonds is 2. The molecule has 0 N–H and O–H groups in total. The molecule has 1 unspecified atom stereocenters. The smallest absolute Gasteiger partial charge is 0.255 e. The van der Waals surface area contributed by atoms with Crippen LogP contribution in [0.25, 0.3) is 11.1 Å². The number of aryl methyl sites for hydroxylation is 1. The predicted octanol–water partition coefficient (Wildman–Crippen LogP) is 5.32. The minimum absolute atomic E-state index is 0.136. The first-order valence-electron chi connectivity index (χ1n) is 12.1. The number of methoxy groups -OCH3 is 1. The van der Waals surface area contributed by atoms with Crippen LogP contribution in [-0.4, -0.2) is 67.1 Å². The standard InChI is InChI=1S/C14H19N3O.C13H12.C2H6O/c18-14(12-4-3-6-15-10-12)17-8-2-1-7-16-9-5-13(16)11-17;1-11-7-5-6-10-13(11)12-8-3-2-4-9-12;1-3-2/h3-4,6,10,13H,1-2,5,7-9,11H2;2-10H,1H3;1-2H3. The summed E-state index contributed by atoms with van der Waals surface area (Å²) in [5.74, 6) is 0.136. The van der Waals surface area contributed by atoms with Crippen LogP contribution in [0.1, 0.15) is 35.2 Å². The van der Waals surface area contributed by atoms with Crippen LogP contribution in [0.15, 0.2) is 79.1 Å². The van der Waals surface area contributed by atoms with E-state index in [9.17, 15) is 4.79 Å². The zero-order valence-electron chi connectivity index (χ0n) is 20.7. The van der Waals surface area contributed by atoms with E-state index in [0.29, 0.717) is 11.6 Å². The minimum atomic E-state index is 0.136. The molecule has 2 fully saturated rings. The number of fused-ring (bicyclic) bond motifs is 1. The Balaban J connectivity index is 0.000000178. The number of benzene rings is 2. The summed E-state index contributed by atoms with van der Waals surface area (Å²) in [6.45, 7) is 6.33. The summed E-state index contributed by atoms with van der Waals surface area (Å²) in [5, 5.41) is 0. The highest BCUT2D eigenvalue weighted by Crippen LogP contribution is 2.23. The molecular formula is C29H37N3O2. The average Bonchev–Trinajstić information content (AvgIpc) is 2.86. The van der Waals surface area contributed by atoms with Gasteiger partial charge in [-0.1, -0.05) is 54.6 Å². The fourth-order valence-electron chi connectivity index (χ4n) is 4.33. The van der Waals surface area contributed by atoms with E-state index in [1.165, 1.54) is 42.6 Å². The Kier molecular flexibility index (Phi) is 10.3. The first kappa shape index (κ1) is 25.6. The summed E-state index contributed by atoms with van der Waals surface area (Å²) in [4.78, 5) is 21.0. The molecule has 0 bridgehead atoms. The zero-order valence-corrected chi connectivity index (χ0v) is 20.7. The van der Waals surface area contributed by atoms with Crippen LogP contribution in [0.3, 0.4) is 0 Å². The lowest BCUT2D eigenvalue weighted by Crippen LogP contribution is -2.56. The molecule has 2 aliphatic rings. The van der Waals surface area contributed by atoms with Gasteiger partial charge in [-0.3, -0.25) is 14.7 Å². The van der Waals surface area contributed by atoms with Crippen molar-refractivity contribution in [3.05, 3.63) is 90.3 Å². The van der Waals surface area contributed by atoms with Crippen molar-refractivity contribution in [3.8, 4) is 11.1 Å². The lowest BCUT2D eigenvalue weighted by Gasteiger charge is -2.45. The van der Waals surface area contributed by atoms with Crippen LogP contribution >= 0.6 is 0 Å². The van der Waals surface area contributed by atoms with Crippen LogP contribution < -0.4 is 0 Å². The number of hydrogen-bond donors (Lipinski definition) is 0. The summed E-state index contributed by atoms with van der Waals surface area (Å²) in [7, 11) is 3.25. The molecule has 2 aliphatic heterocycles.